The molecule has 0 radical (unpaired) electrons. The summed E-state index contributed by atoms with van der Waals surface area (Å²) < 4.78 is 5.62. The monoisotopic (exact) mass is 470 g/mol. The summed E-state index contributed by atoms with van der Waals surface area (Å²) in [6, 6.07) is 20.5. The summed E-state index contributed by atoms with van der Waals surface area (Å²) in [4.78, 5) is 38.7. The number of carbonyl (C=O) groups is 3. The molecule has 3 aromatic rings. The molecule has 1 saturated heterocycles. The first-order chi connectivity index (χ1) is 17.0. The Hall–Kier alpha value is -4.13. The summed E-state index contributed by atoms with van der Waals surface area (Å²) in [6.45, 7) is 2.32. The molecule has 5 rings (SSSR count). The summed E-state index contributed by atoms with van der Waals surface area (Å²) >= 11 is 0. The molecule has 1 aliphatic heterocycles. The Kier molecular flexibility index (Phi) is 5.99. The lowest BCUT2D eigenvalue weighted by molar-refractivity contribution is -0.141. The van der Waals surface area contributed by atoms with Crippen LogP contribution >= 0.6 is 0 Å². The molecule has 178 valence electrons. The van der Waals surface area contributed by atoms with Gasteiger partial charge in [0, 0.05) is 23.7 Å². The van der Waals surface area contributed by atoms with Gasteiger partial charge in [-0.1, -0.05) is 54.6 Å². The van der Waals surface area contributed by atoms with E-state index in [4.69, 9.17) is 4.74 Å². The first kappa shape index (κ1) is 22.7. The van der Waals surface area contributed by atoms with Crippen LogP contribution in [0.25, 0.3) is 11.1 Å². The van der Waals surface area contributed by atoms with Crippen molar-refractivity contribution in [2.75, 3.05) is 18.5 Å². The molecule has 0 bridgehead atoms. The number of carboxylic acid groups (broad SMARTS) is 1. The average molecular weight is 471 g/mol. The lowest BCUT2D eigenvalue weighted by atomic mass is 9.98. The summed E-state index contributed by atoms with van der Waals surface area (Å²) in [6.07, 6.45) is 0.487. The number of amides is 2. The molecular weight excluding hydrogens is 444 g/mol. The molecule has 0 aromatic heterocycles. The summed E-state index contributed by atoms with van der Waals surface area (Å²) in [5, 5.41) is 12.2. The van der Waals surface area contributed by atoms with Gasteiger partial charge in [-0.25, -0.2) is 9.59 Å². The highest BCUT2D eigenvalue weighted by Gasteiger charge is 2.35. The normalized spacial score (nSPS) is 16.5. The Morgan fingerprint density at radius 1 is 0.971 bits per heavy atom. The summed E-state index contributed by atoms with van der Waals surface area (Å²) in [5.74, 6) is -1.39. The molecule has 1 fully saturated rings. The molecule has 3 aromatic carbocycles. The number of hydrogen-bond donors (Lipinski definition) is 2. The second kappa shape index (κ2) is 9.25. The van der Waals surface area contributed by atoms with Crippen LogP contribution in [0.3, 0.4) is 0 Å². The molecule has 1 aliphatic carbocycles. The molecule has 0 saturated carbocycles. The summed E-state index contributed by atoms with van der Waals surface area (Å²) in [5.41, 5.74) is 5.96. The second-order valence-electron chi connectivity index (χ2n) is 8.92. The molecule has 35 heavy (non-hydrogen) atoms. The van der Waals surface area contributed by atoms with Gasteiger partial charge < -0.3 is 14.7 Å². The summed E-state index contributed by atoms with van der Waals surface area (Å²) in [7, 11) is 0. The van der Waals surface area contributed by atoms with Gasteiger partial charge in [-0.15, -0.1) is 0 Å². The van der Waals surface area contributed by atoms with Crippen molar-refractivity contribution in [3.05, 3.63) is 89.0 Å². The van der Waals surface area contributed by atoms with Crippen LogP contribution < -0.4 is 5.32 Å². The Bertz CT molecular complexity index is 1270. The van der Waals surface area contributed by atoms with Crippen molar-refractivity contribution in [1.82, 2.24) is 4.90 Å². The maximum absolute atomic E-state index is 13.1. The second-order valence-corrected chi connectivity index (χ2v) is 8.92. The molecule has 7 nitrogen and oxygen atoms in total. The van der Waals surface area contributed by atoms with E-state index in [1.54, 1.807) is 25.1 Å². The van der Waals surface area contributed by atoms with Gasteiger partial charge in [-0.3, -0.25) is 10.1 Å². The Morgan fingerprint density at radius 3 is 2.29 bits per heavy atom. The van der Waals surface area contributed by atoms with Crippen molar-refractivity contribution < 1.29 is 24.2 Å². The Morgan fingerprint density at radius 2 is 1.63 bits per heavy atom. The van der Waals surface area contributed by atoms with Crippen LogP contribution in [0, 0.1) is 6.92 Å². The Labute approximate surface area is 203 Å². The molecule has 7 heteroatoms. The minimum atomic E-state index is -0.999. The predicted molar refractivity (Wildman–Crippen MR) is 132 cm³/mol. The minimum Gasteiger partial charge on any atom is -0.480 e. The number of carboxylic acids is 1. The number of benzene rings is 3. The van der Waals surface area contributed by atoms with E-state index in [2.05, 4.69) is 29.6 Å². The average Bonchev–Trinajstić information content (AvgIpc) is 3.47. The number of rotatable bonds is 5. The quantitative estimate of drug-likeness (QED) is 0.544. The van der Waals surface area contributed by atoms with E-state index >= 15 is 0 Å². The fourth-order valence-corrected chi connectivity index (χ4v) is 5.17. The van der Waals surface area contributed by atoms with Gasteiger partial charge in [0.1, 0.15) is 12.6 Å². The van der Waals surface area contributed by atoms with Crippen molar-refractivity contribution in [3.8, 4) is 11.1 Å². The molecule has 1 heterocycles. The van der Waals surface area contributed by atoms with Gasteiger partial charge in [-0.05, 0) is 59.7 Å². The van der Waals surface area contributed by atoms with Crippen LogP contribution in [0.4, 0.5) is 10.5 Å². The topological polar surface area (TPSA) is 95.9 Å². The lowest BCUT2D eigenvalue weighted by Crippen LogP contribution is -2.40. The zero-order chi connectivity index (χ0) is 24.5. The molecular formula is C28H26N2O5. The lowest BCUT2D eigenvalue weighted by Gasteiger charge is -2.23. The number of nitrogens with zero attached hydrogens (tertiary/aromatic N) is 1. The highest BCUT2D eigenvalue weighted by molar-refractivity contribution is 6.00. The fraction of sp³-hybridized carbons (Fsp3) is 0.250. The minimum absolute atomic E-state index is 0.0507. The zero-order valence-corrected chi connectivity index (χ0v) is 19.4. The van der Waals surface area contributed by atoms with Crippen molar-refractivity contribution >= 4 is 23.7 Å². The smallest absolute Gasteiger partial charge is 0.411 e. The number of carbonyl (C=O) groups excluding carboxylic acids is 2. The van der Waals surface area contributed by atoms with Crippen molar-refractivity contribution in [2.24, 2.45) is 0 Å². The first-order valence-corrected chi connectivity index (χ1v) is 11.7. The third-order valence-corrected chi connectivity index (χ3v) is 6.94. The molecule has 2 N–H and O–H groups in total. The number of anilines is 1. The standard InChI is InChI=1S/C28H26N2O5/c1-17-18(26(31)30-15-7-14-25(30)27(32)33)12-6-13-24(17)29-28(34)35-16-23-21-10-4-2-8-19(21)20-9-3-5-11-22(20)23/h2-6,8-13,23,25H,7,14-16H2,1H3,(H,29,34)(H,32,33)/t25-/m1/s1. The van der Waals surface area contributed by atoms with E-state index in [1.807, 2.05) is 24.3 Å². The van der Waals surface area contributed by atoms with Crippen molar-refractivity contribution in [2.45, 2.75) is 31.7 Å². The number of fused-ring (bicyclic) bond motifs is 3. The number of hydrogen-bond acceptors (Lipinski definition) is 4. The predicted octanol–water partition coefficient (Wildman–Crippen LogP) is 5.05. The van der Waals surface area contributed by atoms with Gasteiger partial charge >= 0.3 is 12.1 Å². The molecule has 0 spiro atoms. The van der Waals surface area contributed by atoms with Crippen LogP contribution in [0.1, 0.15) is 45.8 Å². The van der Waals surface area contributed by atoms with Crippen LogP contribution in [-0.2, 0) is 9.53 Å². The van der Waals surface area contributed by atoms with Gasteiger partial charge in [0.05, 0.1) is 0 Å². The van der Waals surface area contributed by atoms with E-state index in [0.29, 0.717) is 36.2 Å². The van der Waals surface area contributed by atoms with E-state index in [0.717, 1.165) is 22.3 Å². The largest absolute Gasteiger partial charge is 0.480 e. The van der Waals surface area contributed by atoms with Gasteiger partial charge in [0.25, 0.3) is 5.91 Å². The highest BCUT2D eigenvalue weighted by Crippen LogP contribution is 2.44. The zero-order valence-electron chi connectivity index (χ0n) is 19.4. The van der Waals surface area contributed by atoms with Gasteiger partial charge in [-0.2, -0.15) is 0 Å². The molecule has 2 aliphatic rings. The number of likely N-dealkylation sites (tertiary alicyclic amines) is 1. The molecule has 0 unspecified atom stereocenters. The third-order valence-electron chi connectivity index (χ3n) is 6.94. The van der Waals surface area contributed by atoms with E-state index < -0.39 is 18.1 Å². The number of aliphatic carboxylic acids is 1. The van der Waals surface area contributed by atoms with E-state index in [9.17, 15) is 19.5 Å². The number of ether oxygens (including phenoxy) is 1. The van der Waals surface area contributed by atoms with Gasteiger partial charge in [0.2, 0.25) is 0 Å². The van der Waals surface area contributed by atoms with Crippen LogP contribution in [-0.4, -0.2) is 47.2 Å². The fourth-order valence-electron chi connectivity index (χ4n) is 5.17. The molecule has 1 atom stereocenters. The van der Waals surface area contributed by atoms with Crippen LogP contribution in [0.5, 0.6) is 0 Å². The maximum Gasteiger partial charge on any atom is 0.411 e. The van der Waals surface area contributed by atoms with Crippen molar-refractivity contribution in [3.63, 3.8) is 0 Å². The van der Waals surface area contributed by atoms with E-state index in [-0.39, 0.29) is 18.4 Å². The highest BCUT2D eigenvalue weighted by atomic mass is 16.5. The SMILES string of the molecule is Cc1c(NC(=O)OCC2c3ccccc3-c3ccccc32)cccc1C(=O)N1CCC[C@@H]1C(=O)O. The van der Waals surface area contributed by atoms with Crippen molar-refractivity contribution in [1.29, 1.82) is 0 Å². The first-order valence-electron chi connectivity index (χ1n) is 11.7. The molecule has 2 amide bonds. The Balaban J connectivity index is 1.29. The number of nitrogens with one attached hydrogen (secondary N) is 1. The third kappa shape index (κ3) is 4.14. The van der Waals surface area contributed by atoms with E-state index in [1.165, 1.54) is 4.90 Å². The van der Waals surface area contributed by atoms with Crippen LogP contribution in [0.2, 0.25) is 0 Å². The maximum atomic E-state index is 13.1. The van der Waals surface area contributed by atoms with Crippen LogP contribution in [0.15, 0.2) is 66.7 Å². The van der Waals surface area contributed by atoms with Gasteiger partial charge in [0.15, 0.2) is 0 Å².